The molecule has 1 N–H and O–H groups in total. The van der Waals surface area contributed by atoms with E-state index >= 15 is 0 Å². The van der Waals surface area contributed by atoms with Gasteiger partial charge in [-0.2, -0.15) is 18.0 Å². The Morgan fingerprint density at radius 2 is 2.13 bits per heavy atom. The molecule has 1 aliphatic heterocycles. The molecule has 1 fully saturated rings. The van der Waals surface area contributed by atoms with E-state index in [1.165, 1.54) is 35.2 Å². The number of nitrogens with one attached hydrogen (secondary N) is 1. The molecule has 11 heteroatoms. The minimum atomic E-state index is -4.02. The van der Waals surface area contributed by atoms with Crippen molar-refractivity contribution in [3.05, 3.63) is 58.6 Å². The Labute approximate surface area is 177 Å². The molecular formula is C20H18FN5O4S. The van der Waals surface area contributed by atoms with Gasteiger partial charge in [0.25, 0.3) is 5.56 Å². The van der Waals surface area contributed by atoms with Gasteiger partial charge in [0.1, 0.15) is 29.3 Å². The third kappa shape index (κ3) is 4.08. The van der Waals surface area contributed by atoms with E-state index in [9.17, 15) is 22.9 Å². The largest absolute Gasteiger partial charge is 0.456 e. The molecule has 9 nitrogen and oxygen atoms in total. The summed E-state index contributed by atoms with van der Waals surface area (Å²) >= 11 is 0. The number of hydrogen-bond acceptors (Lipinski definition) is 6. The maximum atomic E-state index is 13.4. The van der Waals surface area contributed by atoms with Gasteiger partial charge in [-0.15, -0.1) is 0 Å². The van der Waals surface area contributed by atoms with Crippen LogP contribution in [0.2, 0.25) is 0 Å². The Balaban J connectivity index is 1.66. The van der Waals surface area contributed by atoms with Crippen LogP contribution in [-0.2, 0) is 17.3 Å². The third-order valence-corrected chi connectivity index (χ3v) is 6.42. The van der Waals surface area contributed by atoms with Crippen LogP contribution in [0, 0.1) is 11.3 Å². The normalized spacial score (nSPS) is 16.9. The summed E-state index contributed by atoms with van der Waals surface area (Å²) in [4.78, 5) is 16.5. The Morgan fingerprint density at radius 3 is 2.84 bits per heavy atom. The Hall–Kier alpha value is -3.49. The predicted octanol–water partition coefficient (Wildman–Crippen LogP) is 2.30. The maximum Gasteiger partial charge on any atom is 0.301 e. The molecule has 1 aliphatic rings. The lowest BCUT2D eigenvalue weighted by atomic mass is 10.2. The summed E-state index contributed by atoms with van der Waals surface area (Å²) in [7, 11) is -2.44. The monoisotopic (exact) mass is 443 g/mol. The van der Waals surface area contributed by atoms with Gasteiger partial charge in [0.2, 0.25) is 0 Å². The average Bonchev–Trinajstić information content (AvgIpc) is 3.18. The Morgan fingerprint density at radius 1 is 1.32 bits per heavy atom. The summed E-state index contributed by atoms with van der Waals surface area (Å²) in [6.45, 7) is -0.165. The van der Waals surface area contributed by atoms with Gasteiger partial charge in [0, 0.05) is 20.1 Å². The van der Waals surface area contributed by atoms with Crippen molar-refractivity contribution in [3.63, 3.8) is 0 Å². The van der Waals surface area contributed by atoms with E-state index in [1.807, 2.05) is 6.07 Å². The van der Waals surface area contributed by atoms with Gasteiger partial charge in [-0.25, -0.2) is 9.37 Å². The standard InChI is InChI=1S/C20H18FN5O4S/c1-25-12-23-17-6-5-14(9-15(17)20(25)27)30-19-4-2-3-18(16(19)10-22)24-31(28,29)26-8-7-13(21)11-26/h2-6,9,12-13,24H,7-8,11H2,1H3. The Kier molecular flexibility index (Phi) is 5.34. The van der Waals surface area contributed by atoms with E-state index in [-0.39, 0.29) is 47.8 Å². The molecule has 1 atom stereocenters. The second kappa shape index (κ2) is 7.98. The highest BCUT2D eigenvalue weighted by Gasteiger charge is 2.32. The smallest absolute Gasteiger partial charge is 0.301 e. The molecule has 0 spiro atoms. The number of aromatic nitrogens is 2. The first-order valence-electron chi connectivity index (χ1n) is 9.37. The van der Waals surface area contributed by atoms with Crippen molar-refractivity contribution in [1.82, 2.24) is 13.9 Å². The minimum absolute atomic E-state index is 0.0145. The van der Waals surface area contributed by atoms with Crippen LogP contribution >= 0.6 is 0 Å². The zero-order chi connectivity index (χ0) is 22.2. The summed E-state index contributed by atoms with van der Waals surface area (Å²) in [5.74, 6) is 0.390. The zero-order valence-electron chi connectivity index (χ0n) is 16.4. The summed E-state index contributed by atoms with van der Waals surface area (Å²) in [6, 6.07) is 11.1. The first kappa shape index (κ1) is 20.8. The summed E-state index contributed by atoms with van der Waals surface area (Å²) < 4.78 is 49.0. The molecule has 0 bridgehead atoms. The number of anilines is 1. The molecule has 0 aliphatic carbocycles. The van der Waals surface area contributed by atoms with Crippen LogP contribution in [0.3, 0.4) is 0 Å². The fourth-order valence-electron chi connectivity index (χ4n) is 3.31. The molecule has 3 aromatic rings. The minimum Gasteiger partial charge on any atom is -0.456 e. The van der Waals surface area contributed by atoms with Crippen LogP contribution in [0.5, 0.6) is 11.5 Å². The van der Waals surface area contributed by atoms with Crippen LogP contribution < -0.4 is 15.0 Å². The number of alkyl halides is 1. The Bertz CT molecular complexity index is 1370. The molecule has 1 unspecified atom stereocenters. The van der Waals surface area contributed by atoms with E-state index in [2.05, 4.69) is 9.71 Å². The SMILES string of the molecule is Cn1cnc2ccc(Oc3cccc(NS(=O)(=O)N4CCC(F)C4)c3C#N)cc2c1=O. The van der Waals surface area contributed by atoms with E-state index in [0.717, 1.165) is 4.31 Å². The van der Waals surface area contributed by atoms with Crippen LogP contribution in [0.4, 0.5) is 10.1 Å². The van der Waals surface area contributed by atoms with Crippen molar-refractivity contribution in [2.75, 3.05) is 17.8 Å². The molecule has 0 amide bonds. The first-order valence-corrected chi connectivity index (χ1v) is 10.8. The zero-order valence-corrected chi connectivity index (χ0v) is 17.3. The summed E-state index contributed by atoms with van der Waals surface area (Å²) in [6.07, 6.45) is 0.336. The molecule has 1 saturated heterocycles. The van der Waals surface area contributed by atoms with E-state index < -0.39 is 16.4 Å². The average molecular weight is 443 g/mol. The van der Waals surface area contributed by atoms with Gasteiger partial charge in [-0.3, -0.25) is 9.52 Å². The van der Waals surface area contributed by atoms with Gasteiger partial charge in [0.05, 0.1) is 22.9 Å². The first-order chi connectivity index (χ1) is 14.8. The molecule has 1 aromatic heterocycles. The second-order valence-corrected chi connectivity index (χ2v) is 8.75. The maximum absolute atomic E-state index is 13.4. The van der Waals surface area contributed by atoms with Crippen LogP contribution in [0.25, 0.3) is 10.9 Å². The van der Waals surface area contributed by atoms with Crippen molar-refractivity contribution < 1.29 is 17.5 Å². The number of nitriles is 1. The van der Waals surface area contributed by atoms with Crippen molar-refractivity contribution in [3.8, 4) is 17.6 Å². The van der Waals surface area contributed by atoms with Crippen LogP contribution in [-0.4, -0.2) is 41.5 Å². The molecule has 4 rings (SSSR count). The third-order valence-electron chi connectivity index (χ3n) is 4.93. The van der Waals surface area contributed by atoms with Crippen molar-refractivity contribution in [1.29, 1.82) is 5.26 Å². The van der Waals surface area contributed by atoms with Crippen molar-refractivity contribution >= 4 is 26.8 Å². The van der Waals surface area contributed by atoms with E-state index in [4.69, 9.17) is 4.74 Å². The highest BCUT2D eigenvalue weighted by atomic mass is 32.2. The fraction of sp³-hybridized carbons (Fsp3) is 0.250. The molecule has 31 heavy (non-hydrogen) atoms. The molecule has 2 heterocycles. The van der Waals surface area contributed by atoms with Crippen LogP contribution in [0.1, 0.15) is 12.0 Å². The highest BCUT2D eigenvalue weighted by Crippen LogP contribution is 2.32. The number of fused-ring (bicyclic) bond motifs is 1. The van der Waals surface area contributed by atoms with Gasteiger partial charge in [0.15, 0.2) is 0 Å². The van der Waals surface area contributed by atoms with E-state index in [1.54, 1.807) is 19.2 Å². The number of halogens is 1. The quantitative estimate of drug-likeness (QED) is 0.647. The lowest BCUT2D eigenvalue weighted by Crippen LogP contribution is -2.34. The molecule has 0 saturated carbocycles. The number of rotatable bonds is 5. The number of nitrogens with zero attached hydrogens (tertiary/aromatic N) is 4. The predicted molar refractivity (Wildman–Crippen MR) is 112 cm³/mol. The van der Waals surface area contributed by atoms with Gasteiger partial charge < -0.3 is 9.30 Å². The number of hydrogen-bond donors (Lipinski definition) is 1. The van der Waals surface area contributed by atoms with Crippen molar-refractivity contribution in [2.45, 2.75) is 12.6 Å². The molecular weight excluding hydrogens is 425 g/mol. The number of aryl methyl sites for hydroxylation is 1. The fourth-order valence-corrected chi connectivity index (χ4v) is 4.59. The number of ether oxygens (including phenoxy) is 1. The lowest BCUT2D eigenvalue weighted by molar-refractivity contribution is 0.343. The van der Waals surface area contributed by atoms with Gasteiger partial charge >= 0.3 is 10.2 Å². The van der Waals surface area contributed by atoms with E-state index in [0.29, 0.717) is 10.9 Å². The molecule has 160 valence electrons. The highest BCUT2D eigenvalue weighted by molar-refractivity contribution is 7.90. The van der Waals surface area contributed by atoms with Gasteiger partial charge in [-0.05, 0) is 36.8 Å². The second-order valence-electron chi connectivity index (χ2n) is 7.08. The van der Waals surface area contributed by atoms with Crippen LogP contribution in [0.15, 0.2) is 47.5 Å². The number of benzene rings is 2. The summed E-state index contributed by atoms with van der Waals surface area (Å²) in [5.41, 5.74) is 0.213. The molecule has 0 radical (unpaired) electrons. The summed E-state index contributed by atoms with van der Waals surface area (Å²) in [5, 5.41) is 9.97. The molecule has 2 aromatic carbocycles. The lowest BCUT2D eigenvalue weighted by Gasteiger charge is -2.18. The topological polar surface area (TPSA) is 117 Å². The van der Waals surface area contributed by atoms with Gasteiger partial charge in [-0.1, -0.05) is 6.07 Å². The van der Waals surface area contributed by atoms with Crippen molar-refractivity contribution in [2.24, 2.45) is 7.05 Å².